The zero-order valence-corrected chi connectivity index (χ0v) is 15.0. The van der Waals surface area contributed by atoms with Gasteiger partial charge in [-0.25, -0.2) is 5.21 Å². The third kappa shape index (κ3) is 2.56. The van der Waals surface area contributed by atoms with E-state index in [4.69, 9.17) is 0 Å². The van der Waals surface area contributed by atoms with Crippen LogP contribution >= 0.6 is 0 Å². The molecule has 0 radical (unpaired) electrons. The molecule has 6 heteroatoms. The van der Waals surface area contributed by atoms with E-state index in [0.29, 0.717) is 11.3 Å². The van der Waals surface area contributed by atoms with Gasteiger partial charge in [-0.3, -0.25) is 15.0 Å². The maximum atomic E-state index is 12.6. The van der Waals surface area contributed by atoms with Crippen molar-refractivity contribution >= 4 is 11.5 Å². The summed E-state index contributed by atoms with van der Waals surface area (Å²) in [5.41, 5.74) is -0.700. The van der Waals surface area contributed by atoms with Gasteiger partial charge in [-0.05, 0) is 72.7 Å². The van der Waals surface area contributed by atoms with E-state index in [1.54, 1.807) is 38.1 Å². The Morgan fingerprint density at radius 3 is 1.91 bits per heavy atom. The lowest BCUT2D eigenvalue weighted by Crippen LogP contribution is -2.53. The second kappa shape index (κ2) is 5.11. The van der Waals surface area contributed by atoms with Gasteiger partial charge in [0.15, 0.2) is 5.54 Å². The van der Waals surface area contributed by atoms with Crippen molar-refractivity contribution in [2.75, 3.05) is 5.06 Å². The fraction of sp³-hybridized carbons (Fsp3) is 0.588. The molecule has 0 bridgehead atoms. The lowest BCUT2D eigenvalue weighted by molar-refractivity contribution is -0.539. The summed E-state index contributed by atoms with van der Waals surface area (Å²) in [5, 5.41) is 35.5. The Balaban J connectivity index is 2.43. The molecule has 1 aliphatic rings. The molecule has 0 saturated heterocycles. The van der Waals surface area contributed by atoms with E-state index in [-0.39, 0.29) is 5.84 Å². The highest BCUT2D eigenvalue weighted by atomic mass is 16.5. The molecule has 0 atom stereocenters. The Morgan fingerprint density at radius 2 is 1.57 bits per heavy atom. The van der Waals surface area contributed by atoms with Gasteiger partial charge in [0.05, 0.1) is 16.8 Å². The average molecular weight is 321 g/mol. The van der Waals surface area contributed by atoms with Gasteiger partial charge in [0, 0.05) is 0 Å². The number of hydrogen-bond acceptors (Lipinski definition) is 5. The van der Waals surface area contributed by atoms with Gasteiger partial charge in [0.1, 0.15) is 5.54 Å². The zero-order valence-electron chi connectivity index (χ0n) is 15.0. The van der Waals surface area contributed by atoms with Crippen LogP contribution < -0.4 is 5.06 Å². The van der Waals surface area contributed by atoms with Crippen LogP contribution in [0.4, 0.5) is 5.69 Å². The van der Waals surface area contributed by atoms with Crippen molar-refractivity contribution in [3.05, 3.63) is 35.0 Å². The number of hydrogen-bond donors (Lipinski definition) is 2. The lowest BCUT2D eigenvalue weighted by atomic mass is 9.84. The summed E-state index contributed by atoms with van der Waals surface area (Å²) in [7, 11) is 0. The van der Waals surface area contributed by atoms with Crippen molar-refractivity contribution in [1.82, 2.24) is 5.06 Å². The predicted molar refractivity (Wildman–Crippen MR) is 90.0 cm³/mol. The summed E-state index contributed by atoms with van der Waals surface area (Å²) in [5.74, 6) is 0.215. The van der Waals surface area contributed by atoms with Crippen LogP contribution in [0.3, 0.4) is 0 Å². The highest BCUT2D eigenvalue weighted by Crippen LogP contribution is 2.37. The zero-order chi connectivity index (χ0) is 17.8. The Kier molecular flexibility index (Phi) is 3.90. The molecule has 0 amide bonds. The topological polar surface area (TPSA) is 73.0 Å². The van der Waals surface area contributed by atoms with E-state index < -0.39 is 16.6 Å². The van der Waals surface area contributed by atoms with Crippen LogP contribution in [0.25, 0.3) is 0 Å². The molecule has 1 aromatic rings. The Labute approximate surface area is 137 Å². The normalized spacial score (nSPS) is 20.1. The number of nitrogens with zero attached hydrogens (tertiary/aromatic N) is 3. The number of hydroxylamine groups is 4. The smallest absolute Gasteiger partial charge is 0.313 e. The van der Waals surface area contributed by atoms with Crippen LogP contribution in [0.1, 0.15) is 54.0 Å². The molecule has 0 spiro atoms. The van der Waals surface area contributed by atoms with Gasteiger partial charge in [-0.2, -0.15) is 0 Å². The molecule has 6 nitrogen and oxygen atoms in total. The van der Waals surface area contributed by atoms with Gasteiger partial charge in [0.25, 0.3) is 0 Å². The number of amidine groups is 1. The van der Waals surface area contributed by atoms with E-state index >= 15 is 0 Å². The second-order valence-electron chi connectivity index (χ2n) is 8.08. The van der Waals surface area contributed by atoms with E-state index in [9.17, 15) is 15.6 Å². The monoisotopic (exact) mass is 321 g/mol. The molecule has 1 aliphatic heterocycles. The fourth-order valence-electron chi connectivity index (χ4n) is 2.50. The van der Waals surface area contributed by atoms with Gasteiger partial charge in [-0.1, -0.05) is 0 Å². The highest BCUT2D eigenvalue weighted by Gasteiger charge is 2.58. The van der Waals surface area contributed by atoms with Crippen molar-refractivity contribution in [1.29, 1.82) is 0 Å². The predicted octanol–water partition coefficient (Wildman–Crippen LogP) is 3.20. The Hall–Kier alpha value is -1.79. The van der Waals surface area contributed by atoms with E-state index in [2.05, 4.69) is 0 Å². The van der Waals surface area contributed by atoms with Crippen LogP contribution in [0.2, 0.25) is 0 Å². The minimum Gasteiger partial charge on any atom is -0.714 e. The lowest BCUT2D eigenvalue weighted by Gasteiger charge is -2.33. The molecule has 1 heterocycles. The van der Waals surface area contributed by atoms with Gasteiger partial charge in [0.2, 0.25) is 0 Å². The summed E-state index contributed by atoms with van der Waals surface area (Å²) in [6.45, 7) is 13.0. The van der Waals surface area contributed by atoms with Crippen LogP contribution in [0.5, 0.6) is 0 Å². The largest absolute Gasteiger partial charge is 0.714 e. The van der Waals surface area contributed by atoms with Crippen LogP contribution in [0, 0.1) is 5.21 Å². The van der Waals surface area contributed by atoms with Gasteiger partial charge < -0.3 is 5.21 Å². The third-order valence-corrected chi connectivity index (χ3v) is 4.93. The molecule has 0 aliphatic carbocycles. The van der Waals surface area contributed by atoms with Crippen molar-refractivity contribution in [2.45, 2.75) is 65.1 Å². The first-order chi connectivity index (χ1) is 10.3. The highest BCUT2D eigenvalue weighted by molar-refractivity contribution is 5.96. The quantitative estimate of drug-likeness (QED) is 0.497. The first-order valence-corrected chi connectivity index (χ1v) is 7.75. The molecule has 128 valence electrons. The van der Waals surface area contributed by atoms with Crippen LogP contribution in [0.15, 0.2) is 24.3 Å². The summed E-state index contributed by atoms with van der Waals surface area (Å²) in [6, 6.07) is 6.91. The maximum absolute atomic E-state index is 12.6. The maximum Gasteiger partial charge on any atom is 0.313 e. The summed E-state index contributed by atoms with van der Waals surface area (Å²) < 4.78 is 0.850. The van der Waals surface area contributed by atoms with Crippen molar-refractivity contribution in [3.63, 3.8) is 0 Å². The molecule has 0 unspecified atom stereocenters. The van der Waals surface area contributed by atoms with Crippen molar-refractivity contribution in [2.24, 2.45) is 0 Å². The van der Waals surface area contributed by atoms with Crippen molar-refractivity contribution < 1.29 is 15.2 Å². The van der Waals surface area contributed by atoms with Crippen molar-refractivity contribution in [3.8, 4) is 0 Å². The molecular formula is C17H27N3O3. The summed E-state index contributed by atoms with van der Waals surface area (Å²) in [6.07, 6.45) is 0. The summed E-state index contributed by atoms with van der Waals surface area (Å²) >= 11 is 0. The molecule has 0 saturated carbocycles. The standard InChI is InChI=1S/C17H27N3O3/c1-15(2,3)18(21)13-10-8-12(9-11-13)14-19(22)16(4,5)17(6,7)20(14)23/h8-11,21-22H,1-7H3. The van der Waals surface area contributed by atoms with E-state index in [0.717, 1.165) is 9.80 Å². The van der Waals surface area contributed by atoms with Gasteiger partial charge >= 0.3 is 5.84 Å². The fourth-order valence-corrected chi connectivity index (χ4v) is 2.50. The molecule has 2 N–H and O–H groups in total. The van der Waals surface area contributed by atoms with E-state index in [1.165, 1.54) is 5.06 Å². The van der Waals surface area contributed by atoms with Crippen LogP contribution in [-0.2, 0) is 0 Å². The van der Waals surface area contributed by atoms with Crippen LogP contribution in [-0.4, -0.2) is 42.7 Å². The number of rotatable bonds is 2. The second-order valence-corrected chi connectivity index (χ2v) is 8.08. The van der Waals surface area contributed by atoms with E-state index in [1.807, 2.05) is 34.6 Å². The molecule has 23 heavy (non-hydrogen) atoms. The molecule has 1 aromatic carbocycles. The Bertz CT molecular complexity index is 627. The van der Waals surface area contributed by atoms with Gasteiger partial charge in [-0.15, -0.1) is 5.06 Å². The first kappa shape index (κ1) is 17.6. The Morgan fingerprint density at radius 1 is 1.09 bits per heavy atom. The molecule has 0 fully saturated rings. The minimum absolute atomic E-state index is 0.215. The number of benzene rings is 1. The molecule has 0 aromatic heterocycles. The number of anilines is 1. The average Bonchev–Trinajstić information content (AvgIpc) is 2.56. The SMILES string of the molecule is CC(C)(C)N(O)c1ccc(C2=[N+]([O-])C(C)(C)C(C)(C)N2O)cc1. The first-order valence-electron chi connectivity index (χ1n) is 7.75. The minimum atomic E-state index is -0.774. The summed E-state index contributed by atoms with van der Waals surface area (Å²) in [4.78, 5) is 0. The molecule has 2 rings (SSSR count). The third-order valence-electron chi connectivity index (χ3n) is 4.93. The molecular weight excluding hydrogens is 294 g/mol.